The molecule has 4 aromatic heterocycles. The fourth-order valence-electron chi connectivity index (χ4n) is 4.56. The van der Waals surface area contributed by atoms with Crippen molar-refractivity contribution >= 4 is 37.8 Å². The fourth-order valence-corrected chi connectivity index (χ4v) is 5.55. The summed E-state index contributed by atoms with van der Waals surface area (Å²) in [5.74, 6) is 0. The van der Waals surface area contributed by atoms with Crippen LogP contribution in [0.4, 0.5) is 5.13 Å². The Balaban J connectivity index is 1.23. The molecule has 9 heteroatoms. The quantitative estimate of drug-likeness (QED) is 0.409. The molecule has 0 spiro atoms. The Bertz CT molecular complexity index is 1440. The minimum Gasteiger partial charge on any atom is -0.391 e. The molecule has 1 aromatic carbocycles. The van der Waals surface area contributed by atoms with Crippen molar-refractivity contribution in [2.75, 3.05) is 5.32 Å². The lowest BCUT2D eigenvalue weighted by Crippen LogP contribution is -2.36. The third-order valence-electron chi connectivity index (χ3n) is 6.34. The molecule has 0 bridgehead atoms. The number of anilines is 1. The summed E-state index contributed by atoms with van der Waals surface area (Å²) >= 11 is 1.64. The highest BCUT2D eigenvalue weighted by molar-refractivity contribution is 7.22. The SMILES string of the molecule is Cn1cc(-c2cnc3c(c2)ncn3Cc2ccc3nc(NC4CCCCC4O)sc3c2)cn1. The van der Waals surface area contributed by atoms with Crippen molar-refractivity contribution in [3.63, 3.8) is 0 Å². The monoisotopic (exact) mass is 459 g/mol. The summed E-state index contributed by atoms with van der Waals surface area (Å²) in [7, 11) is 1.91. The first-order valence-electron chi connectivity index (χ1n) is 11.3. The van der Waals surface area contributed by atoms with Gasteiger partial charge < -0.3 is 15.0 Å². The number of aliphatic hydroxyl groups is 1. The minimum absolute atomic E-state index is 0.0960. The number of benzene rings is 1. The Morgan fingerprint density at radius 2 is 2.00 bits per heavy atom. The molecule has 168 valence electrons. The summed E-state index contributed by atoms with van der Waals surface area (Å²) in [5, 5.41) is 18.8. The van der Waals surface area contributed by atoms with Gasteiger partial charge in [0.05, 0.1) is 41.4 Å². The lowest BCUT2D eigenvalue weighted by molar-refractivity contribution is 0.116. The molecule has 5 aromatic rings. The van der Waals surface area contributed by atoms with Gasteiger partial charge in [-0.1, -0.05) is 30.2 Å². The van der Waals surface area contributed by atoms with Gasteiger partial charge in [-0.2, -0.15) is 5.10 Å². The van der Waals surface area contributed by atoms with E-state index in [0.29, 0.717) is 6.54 Å². The molecule has 0 amide bonds. The van der Waals surface area contributed by atoms with Gasteiger partial charge in [0.2, 0.25) is 0 Å². The van der Waals surface area contributed by atoms with Crippen LogP contribution in [-0.4, -0.2) is 46.6 Å². The first-order valence-corrected chi connectivity index (χ1v) is 12.1. The summed E-state index contributed by atoms with van der Waals surface area (Å²) in [5.41, 5.74) is 5.92. The number of rotatable bonds is 5. The van der Waals surface area contributed by atoms with Crippen molar-refractivity contribution in [2.45, 2.75) is 44.4 Å². The van der Waals surface area contributed by atoms with E-state index in [1.807, 2.05) is 32.0 Å². The molecule has 8 nitrogen and oxygen atoms in total. The van der Waals surface area contributed by atoms with Crippen LogP contribution >= 0.6 is 11.3 Å². The molecule has 0 radical (unpaired) electrons. The molecule has 2 unspecified atom stereocenters. The maximum Gasteiger partial charge on any atom is 0.184 e. The summed E-state index contributed by atoms with van der Waals surface area (Å²) in [6.45, 7) is 0.688. The lowest BCUT2D eigenvalue weighted by atomic mass is 9.93. The predicted octanol–water partition coefficient (Wildman–Crippen LogP) is 4.21. The van der Waals surface area contributed by atoms with E-state index < -0.39 is 0 Å². The average molecular weight is 460 g/mol. The van der Waals surface area contributed by atoms with Gasteiger partial charge in [-0.05, 0) is 36.6 Å². The molecular formula is C24H25N7OS. The van der Waals surface area contributed by atoms with E-state index in [1.54, 1.807) is 16.0 Å². The number of hydrogen-bond donors (Lipinski definition) is 2. The zero-order valence-electron chi connectivity index (χ0n) is 18.3. The zero-order valence-corrected chi connectivity index (χ0v) is 19.2. The molecule has 6 rings (SSSR count). The number of hydrogen-bond acceptors (Lipinski definition) is 7. The first kappa shape index (κ1) is 20.3. The third-order valence-corrected chi connectivity index (χ3v) is 7.29. The average Bonchev–Trinajstić information content (AvgIpc) is 3.53. The second kappa shape index (κ2) is 8.24. The number of imidazole rings is 1. The summed E-state index contributed by atoms with van der Waals surface area (Å²) < 4.78 is 4.99. The second-order valence-electron chi connectivity index (χ2n) is 8.77. The Kier molecular flexibility index (Phi) is 5.07. The van der Waals surface area contributed by atoms with Crippen molar-refractivity contribution in [3.05, 3.63) is 54.7 Å². The molecule has 2 atom stereocenters. The number of aryl methyl sites for hydroxylation is 1. The van der Waals surface area contributed by atoms with E-state index in [4.69, 9.17) is 4.98 Å². The largest absolute Gasteiger partial charge is 0.391 e. The van der Waals surface area contributed by atoms with E-state index in [-0.39, 0.29) is 12.1 Å². The second-order valence-corrected chi connectivity index (χ2v) is 9.80. The highest BCUT2D eigenvalue weighted by Crippen LogP contribution is 2.30. The molecule has 2 N–H and O–H groups in total. The fraction of sp³-hybridized carbons (Fsp3) is 0.333. The first-order chi connectivity index (χ1) is 16.1. The van der Waals surface area contributed by atoms with Gasteiger partial charge >= 0.3 is 0 Å². The van der Waals surface area contributed by atoms with E-state index >= 15 is 0 Å². The van der Waals surface area contributed by atoms with Crippen LogP contribution in [0, 0.1) is 0 Å². The van der Waals surface area contributed by atoms with Gasteiger partial charge in [0.15, 0.2) is 10.8 Å². The van der Waals surface area contributed by atoms with Gasteiger partial charge in [0.25, 0.3) is 0 Å². The Morgan fingerprint density at radius 1 is 1.09 bits per heavy atom. The molecule has 1 fully saturated rings. The smallest absolute Gasteiger partial charge is 0.184 e. The summed E-state index contributed by atoms with van der Waals surface area (Å²) in [6.07, 6.45) is 11.4. The van der Waals surface area contributed by atoms with E-state index in [0.717, 1.165) is 63.3 Å². The number of aromatic nitrogens is 6. The molecule has 1 saturated carbocycles. The zero-order chi connectivity index (χ0) is 22.4. The minimum atomic E-state index is -0.290. The van der Waals surface area contributed by atoms with Crippen molar-refractivity contribution < 1.29 is 5.11 Å². The van der Waals surface area contributed by atoms with Gasteiger partial charge in [0.1, 0.15) is 5.52 Å². The third kappa shape index (κ3) is 3.98. The van der Waals surface area contributed by atoms with Crippen LogP contribution in [0.5, 0.6) is 0 Å². The lowest BCUT2D eigenvalue weighted by Gasteiger charge is -2.27. The molecule has 0 saturated heterocycles. The molecule has 33 heavy (non-hydrogen) atoms. The van der Waals surface area contributed by atoms with Crippen molar-refractivity contribution in [1.82, 2.24) is 29.3 Å². The number of nitrogens with one attached hydrogen (secondary N) is 1. The van der Waals surface area contributed by atoms with Crippen LogP contribution in [0.25, 0.3) is 32.5 Å². The number of aliphatic hydroxyl groups excluding tert-OH is 1. The van der Waals surface area contributed by atoms with Crippen LogP contribution in [0.1, 0.15) is 31.2 Å². The van der Waals surface area contributed by atoms with Crippen LogP contribution < -0.4 is 5.32 Å². The van der Waals surface area contributed by atoms with E-state index in [2.05, 4.69) is 49.2 Å². The topological polar surface area (TPSA) is 93.7 Å². The molecular weight excluding hydrogens is 434 g/mol. The Hall–Kier alpha value is -3.30. The molecule has 0 aliphatic heterocycles. The van der Waals surface area contributed by atoms with Gasteiger partial charge in [-0.25, -0.2) is 15.0 Å². The molecule has 1 aliphatic carbocycles. The van der Waals surface area contributed by atoms with Crippen molar-refractivity contribution in [1.29, 1.82) is 0 Å². The highest BCUT2D eigenvalue weighted by atomic mass is 32.1. The standard InChI is InChI=1S/C24H25N7OS/c1-30-13-17(11-27-30)16-9-20-23(25-10-16)31(14-26-20)12-15-6-7-19-22(8-15)33-24(29-19)28-18-4-2-3-5-21(18)32/h6-11,13-14,18,21,32H,2-5,12H2,1H3,(H,28,29). The maximum atomic E-state index is 10.3. The van der Waals surface area contributed by atoms with Crippen LogP contribution in [0.2, 0.25) is 0 Å². The molecule has 4 heterocycles. The normalized spacial score (nSPS) is 18.8. The molecule has 1 aliphatic rings. The van der Waals surface area contributed by atoms with Gasteiger partial charge in [-0.3, -0.25) is 4.68 Å². The van der Waals surface area contributed by atoms with Crippen molar-refractivity contribution in [2.24, 2.45) is 7.05 Å². The Labute approximate surface area is 194 Å². The van der Waals surface area contributed by atoms with Crippen molar-refractivity contribution in [3.8, 4) is 11.1 Å². The number of nitrogens with zero attached hydrogens (tertiary/aromatic N) is 6. The van der Waals surface area contributed by atoms with Gasteiger partial charge in [0, 0.05) is 30.6 Å². The maximum absolute atomic E-state index is 10.3. The van der Waals surface area contributed by atoms with E-state index in [9.17, 15) is 5.11 Å². The van der Waals surface area contributed by atoms with Crippen LogP contribution in [0.15, 0.2) is 49.2 Å². The summed E-state index contributed by atoms with van der Waals surface area (Å²) in [4.78, 5) is 14.0. The van der Waals surface area contributed by atoms with Crippen LogP contribution in [0.3, 0.4) is 0 Å². The van der Waals surface area contributed by atoms with Crippen LogP contribution in [-0.2, 0) is 13.6 Å². The number of fused-ring (bicyclic) bond motifs is 2. The number of thiazole rings is 1. The summed E-state index contributed by atoms with van der Waals surface area (Å²) in [6, 6.07) is 8.51. The van der Waals surface area contributed by atoms with E-state index in [1.165, 1.54) is 5.56 Å². The Morgan fingerprint density at radius 3 is 2.85 bits per heavy atom. The predicted molar refractivity (Wildman–Crippen MR) is 130 cm³/mol. The highest BCUT2D eigenvalue weighted by Gasteiger charge is 2.23. The van der Waals surface area contributed by atoms with Gasteiger partial charge in [-0.15, -0.1) is 0 Å². The number of pyridine rings is 1.